The third kappa shape index (κ3) is 3.40. The molecule has 1 aromatic carbocycles. The molecule has 0 radical (unpaired) electrons. The second-order valence-corrected chi connectivity index (χ2v) is 6.17. The van der Waals surface area contributed by atoms with Gasteiger partial charge in [0.2, 0.25) is 5.91 Å². The van der Waals surface area contributed by atoms with E-state index in [0.717, 1.165) is 29.3 Å². The number of hydrogen-bond acceptors (Lipinski definition) is 4. The molecule has 1 fully saturated rings. The zero-order valence-electron chi connectivity index (χ0n) is 13.5. The summed E-state index contributed by atoms with van der Waals surface area (Å²) in [5, 5.41) is 6.55. The Morgan fingerprint density at radius 3 is 2.96 bits per heavy atom. The second kappa shape index (κ2) is 6.43. The summed E-state index contributed by atoms with van der Waals surface area (Å²) >= 11 is 0. The highest BCUT2D eigenvalue weighted by atomic mass is 16.4. The van der Waals surface area contributed by atoms with E-state index < -0.39 is 0 Å². The molecule has 7 heteroatoms. The standard InChI is InChI=1S/C18H18N4O3/c23-16(11-5-6-11)22-18-21-15(10-25-18)17(24)19-8-7-12-9-20-14-4-2-1-3-13(12)14/h1-4,9-11,20H,5-8H2,(H,19,24)(H,21,22,23). The highest BCUT2D eigenvalue weighted by Gasteiger charge is 2.30. The lowest BCUT2D eigenvalue weighted by molar-refractivity contribution is -0.117. The van der Waals surface area contributed by atoms with Gasteiger partial charge in [-0.25, -0.2) is 0 Å². The summed E-state index contributed by atoms with van der Waals surface area (Å²) in [6.07, 6.45) is 5.71. The van der Waals surface area contributed by atoms with Crippen molar-refractivity contribution in [3.8, 4) is 0 Å². The molecule has 0 saturated heterocycles. The number of fused-ring (bicyclic) bond motifs is 1. The number of hydrogen-bond donors (Lipinski definition) is 3. The molecular weight excluding hydrogens is 320 g/mol. The number of aromatic nitrogens is 2. The number of carbonyl (C=O) groups excluding carboxylic acids is 2. The van der Waals surface area contributed by atoms with Crippen molar-refractivity contribution >= 4 is 28.7 Å². The topological polar surface area (TPSA) is 100 Å². The minimum Gasteiger partial charge on any atom is -0.431 e. The molecule has 2 amide bonds. The number of H-pyrrole nitrogens is 1. The van der Waals surface area contributed by atoms with Gasteiger partial charge >= 0.3 is 6.01 Å². The van der Waals surface area contributed by atoms with Crippen LogP contribution in [-0.2, 0) is 11.2 Å². The molecule has 0 bridgehead atoms. The van der Waals surface area contributed by atoms with Gasteiger partial charge in [-0.15, -0.1) is 0 Å². The zero-order chi connectivity index (χ0) is 17.2. The van der Waals surface area contributed by atoms with Crippen LogP contribution in [0.4, 0.5) is 6.01 Å². The summed E-state index contributed by atoms with van der Waals surface area (Å²) in [4.78, 5) is 31.0. The first-order valence-electron chi connectivity index (χ1n) is 8.30. The maximum atomic E-state index is 12.1. The van der Waals surface area contributed by atoms with E-state index in [0.29, 0.717) is 13.0 Å². The fourth-order valence-electron chi connectivity index (χ4n) is 2.73. The van der Waals surface area contributed by atoms with Crippen molar-refractivity contribution in [1.82, 2.24) is 15.3 Å². The van der Waals surface area contributed by atoms with E-state index in [4.69, 9.17) is 4.42 Å². The molecule has 0 unspecified atom stereocenters. The average molecular weight is 338 g/mol. The Kier molecular flexibility index (Phi) is 3.97. The lowest BCUT2D eigenvalue weighted by Crippen LogP contribution is -2.26. The normalized spacial score (nSPS) is 13.8. The molecule has 2 aromatic heterocycles. The van der Waals surface area contributed by atoms with Crippen LogP contribution in [0.1, 0.15) is 28.9 Å². The predicted octanol–water partition coefficient (Wildman–Crippen LogP) is 2.48. The highest BCUT2D eigenvalue weighted by molar-refractivity contribution is 5.94. The number of oxazole rings is 1. The molecule has 0 aliphatic heterocycles. The van der Waals surface area contributed by atoms with Crippen LogP contribution in [0, 0.1) is 5.92 Å². The van der Waals surface area contributed by atoms with E-state index >= 15 is 0 Å². The Bertz CT molecular complexity index is 923. The molecule has 3 N–H and O–H groups in total. The number of rotatable bonds is 6. The molecule has 4 rings (SSSR count). The van der Waals surface area contributed by atoms with Crippen LogP contribution in [0.2, 0.25) is 0 Å². The van der Waals surface area contributed by atoms with E-state index in [1.54, 1.807) is 0 Å². The molecule has 1 aliphatic carbocycles. The second-order valence-electron chi connectivity index (χ2n) is 6.17. The van der Waals surface area contributed by atoms with Crippen LogP contribution in [0.5, 0.6) is 0 Å². The van der Waals surface area contributed by atoms with Gasteiger partial charge in [0.1, 0.15) is 6.26 Å². The molecule has 0 atom stereocenters. The van der Waals surface area contributed by atoms with E-state index in [1.807, 2.05) is 24.4 Å². The Balaban J connectivity index is 1.31. The van der Waals surface area contributed by atoms with Crippen LogP contribution in [0.3, 0.4) is 0 Å². The monoisotopic (exact) mass is 338 g/mol. The summed E-state index contributed by atoms with van der Waals surface area (Å²) in [5.41, 5.74) is 2.38. The average Bonchev–Trinajstić information content (AvgIpc) is 3.25. The van der Waals surface area contributed by atoms with Crippen LogP contribution < -0.4 is 10.6 Å². The van der Waals surface area contributed by atoms with Gasteiger partial charge in [-0.1, -0.05) is 18.2 Å². The number of carbonyl (C=O) groups is 2. The van der Waals surface area contributed by atoms with Crippen molar-refractivity contribution in [2.45, 2.75) is 19.3 Å². The van der Waals surface area contributed by atoms with Crippen molar-refractivity contribution in [1.29, 1.82) is 0 Å². The highest BCUT2D eigenvalue weighted by Crippen LogP contribution is 2.30. The molecule has 0 spiro atoms. The van der Waals surface area contributed by atoms with Crippen LogP contribution in [-0.4, -0.2) is 28.3 Å². The van der Waals surface area contributed by atoms with Gasteiger partial charge in [-0.3, -0.25) is 14.9 Å². The minimum absolute atomic E-state index is 0.0559. The van der Waals surface area contributed by atoms with Crippen molar-refractivity contribution in [3.05, 3.63) is 48.0 Å². The summed E-state index contributed by atoms with van der Waals surface area (Å²) in [6.45, 7) is 0.483. The van der Waals surface area contributed by atoms with Crippen LogP contribution in [0.15, 0.2) is 41.1 Å². The van der Waals surface area contributed by atoms with Gasteiger partial charge in [0, 0.05) is 29.6 Å². The fraction of sp³-hybridized carbons (Fsp3) is 0.278. The lowest BCUT2D eigenvalue weighted by atomic mass is 10.1. The first kappa shape index (κ1) is 15.4. The van der Waals surface area contributed by atoms with Gasteiger partial charge in [0.15, 0.2) is 5.69 Å². The minimum atomic E-state index is -0.324. The fourth-order valence-corrected chi connectivity index (χ4v) is 2.73. The first-order valence-corrected chi connectivity index (χ1v) is 8.30. The first-order chi connectivity index (χ1) is 12.2. The number of nitrogens with zero attached hydrogens (tertiary/aromatic N) is 1. The van der Waals surface area contributed by atoms with Crippen molar-refractivity contribution in [3.63, 3.8) is 0 Å². The smallest absolute Gasteiger partial charge is 0.302 e. The Hall–Kier alpha value is -3.09. The SMILES string of the molecule is O=C(NCCc1c[nH]c2ccccc12)c1coc(NC(=O)C2CC2)n1. The molecule has 7 nitrogen and oxygen atoms in total. The quantitative estimate of drug-likeness (QED) is 0.643. The Labute approximate surface area is 143 Å². The molecule has 3 aromatic rings. The number of nitrogens with one attached hydrogen (secondary N) is 3. The van der Waals surface area contributed by atoms with E-state index in [9.17, 15) is 9.59 Å². The van der Waals surface area contributed by atoms with Crippen LogP contribution in [0.25, 0.3) is 10.9 Å². The largest absolute Gasteiger partial charge is 0.431 e. The molecule has 2 heterocycles. The molecule has 25 heavy (non-hydrogen) atoms. The number of para-hydroxylation sites is 1. The van der Waals surface area contributed by atoms with Crippen molar-refractivity contribution in [2.24, 2.45) is 5.92 Å². The third-order valence-corrected chi connectivity index (χ3v) is 4.27. The summed E-state index contributed by atoms with van der Waals surface area (Å²) in [5.74, 6) is -0.371. The lowest BCUT2D eigenvalue weighted by Gasteiger charge is -2.02. The zero-order valence-corrected chi connectivity index (χ0v) is 13.5. The van der Waals surface area contributed by atoms with E-state index in [2.05, 4.69) is 26.7 Å². The summed E-state index contributed by atoms with van der Waals surface area (Å²) in [7, 11) is 0. The molecule has 1 saturated carbocycles. The number of benzene rings is 1. The van der Waals surface area contributed by atoms with Crippen molar-refractivity contribution in [2.75, 3.05) is 11.9 Å². The number of amides is 2. The number of anilines is 1. The molecular formula is C18H18N4O3. The van der Waals surface area contributed by atoms with Crippen LogP contribution >= 0.6 is 0 Å². The Morgan fingerprint density at radius 2 is 2.12 bits per heavy atom. The number of aromatic amines is 1. The molecule has 128 valence electrons. The maximum absolute atomic E-state index is 12.1. The van der Waals surface area contributed by atoms with Gasteiger partial charge in [-0.05, 0) is 30.9 Å². The summed E-state index contributed by atoms with van der Waals surface area (Å²) < 4.78 is 5.14. The third-order valence-electron chi connectivity index (χ3n) is 4.27. The van der Waals surface area contributed by atoms with Gasteiger partial charge < -0.3 is 14.7 Å². The predicted molar refractivity (Wildman–Crippen MR) is 92.2 cm³/mol. The van der Waals surface area contributed by atoms with Crippen molar-refractivity contribution < 1.29 is 14.0 Å². The van der Waals surface area contributed by atoms with Gasteiger partial charge in [0.25, 0.3) is 5.91 Å². The maximum Gasteiger partial charge on any atom is 0.302 e. The van der Waals surface area contributed by atoms with Gasteiger partial charge in [0.05, 0.1) is 0 Å². The van der Waals surface area contributed by atoms with Gasteiger partial charge in [-0.2, -0.15) is 4.98 Å². The van der Waals surface area contributed by atoms with E-state index in [-0.39, 0.29) is 29.4 Å². The van der Waals surface area contributed by atoms with E-state index in [1.165, 1.54) is 6.26 Å². The Morgan fingerprint density at radius 1 is 1.28 bits per heavy atom. The summed E-state index contributed by atoms with van der Waals surface area (Å²) in [6, 6.07) is 8.11. The molecule has 1 aliphatic rings.